The van der Waals surface area contributed by atoms with Crippen LogP contribution in [-0.2, 0) is 4.79 Å². The van der Waals surface area contributed by atoms with Crippen LogP contribution in [0.1, 0.15) is 12.8 Å². The summed E-state index contributed by atoms with van der Waals surface area (Å²) in [7, 11) is 0. The Balaban J connectivity index is 1.97. The normalized spacial score (nSPS) is 31.3. The summed E-state index contributed by atoms with van der Waals surface area (Å²) in [4.78, 5) is 13.2. The summed E-state index contributed by atoms with van der Waals surface area (Å²) in [6.07, 6.45) is 2.01. The number of rotatable bonds is 2. The first-order valence-electron chi connectivity index (χ1n) is 5.43. The Morgan fingerprint density at radius 3 is 2.81 bits per heavy atom. The van der Waals surface area contributed by atoms with Gasteiger partial charge in [0.05, 0.1) is 0 Å². The summed E-state index contributed by atoms with van der Waals surface area (Å²) in [5, 5.41) is 9.89. The summed E-state index contributed by atoms with van der Waals surface area (Å²) in [6, 6.07) is 7.49. The van der Waals surface area contributed by atoms with E-state index < -0.39 is 5.97 Å². The number of carboxylic acid groups (broad SMARTS) is 1. The Morgan fingerprint density at radius 1 is 1.44 bits per heavy atom. The lowest BCUT2D eigenvalue weighted by Crippen LogP contribution is -2.36. The third-order valence-electron chi connectivity index (χ3n) is 3.65. The fourth-order valence-electron chi connectivity index (χ4n) is 2.90. The summed E-state index contributed by atoms with van der Waals surface area (Å²) in [6.45, 7) is 0. The van der Waals surface area contributed by atoms with Gasteiger partial charge in [0.1, 0.15) is 6.04 Å². The Kier molecular flexibility index (Phi) is 2.11. The van der Waals surface area contributed by atoms with Crippen molar-refractivity contribution in [2.24, 2.45) is 5.92 Å². The first-order valence-corrected chi connectivity index (χ1v) is 5.81. The van der Waals surface area contributed by atoms with Crippen molar-refractivity contribution >= 4 is 23.3 Å². The maximum Gasteiger partial charge on any atom is 0.326 e. The van der Waals surface area contributed by atoms with Crippen molar-refractivity contribution in [2.45, 2.75) is 24.9 Å². The van der Waals surface area contributed by atoms with Crippen LogP contribution in [0.3, 0.4) is 0 Å². The molecule has 84 valence electrons. The molecule has 1 saturated carbocycles. The third-order valence-corrected chi connectivity index (χ3v) is 3.88. The van der Waals surface area contributed by atoms with Gasteiger partial charge in [-0.3, -0.25) is 0 Å². The van der Waals surface area contributed by atoms with Gasteiger partial charge in [-0.15, -0.1) is 0 Å². The number of hydrogen-bond acceptors (Lipinski definition) is 2. The Morgan fingerprint density at radius 2 is 2.19 bits per heavy atom. The topological polar surface area (TPSA) is 40.5 Å². The molecule has 3 nitrogen and oxygen atoms in total. The highest BCUT2D eigenvalue weighted by molar-refractivity contribution is 6.30. The molecule has 3 fully saturated rings. The molecule has 1 aliphatic carbocycles. The van der Waals surface area contributed by atoms with E-state index in [0.717, 1.165) is 18.5 Å². The number of carbonyl (C=O) groups is 1. The predicted octanol–water partition coefficient (Wildman–Crippen LogP) is 2.39. The summed E-state index contributed by atoms with van der Waals surface area (Å²) >= 11 is 5.94. The molecule has 1 aromatic rings. The molecule has 1 atom stereocenters. The Bertz CT molecular complexity index is 442. The number of aliphatic carboxylic acids is 1. The second-order valence-corrected chi connectivity index (χ2v) is 4.99. The van der Waals surface area contributed by atoms with Gasteiger partial charge in [0, 0.05) is 16.8 Å². The zero-order valence-corrected chi connectivity index (χ0v) is 9.39. The van der Waals surface area contributed by atoms with E-state index in [2.05, 4.69) is 0 Å². The molecule has 2 saturated heterocycles. The molecule has 2 bridgehead atoms. The van der Waals surface area contributed by atoms with E-state index in [1.54, 1.807) is 6.07 Å². The van der Waals surface area contributed by atoms with Crippen molar-refractivity contribution in [1.82, 2.24) is 0 Å². The smallest absolute Gasteiger partial charge is 0.326 e. The van der Waals surface area contributed by atoms with Crippen LogP contribution >= 0.6 is 11.6 Å². The van der Waals surface area contributed by atoms with Gasteiger partial charge in [0.2, 0.25) is 0 Å². The maximum absolute atomic E-state index is 11.2. The lowest BCUT2D eigenvalue weighted by Gasteiger charge is -2.27. The molecule has 0 radical (unpaired) electrons. The van der Waals surface area contributed by atoms with E-state index in [-0.39, 0.29) is 6.04 Å². The number of fused-ring (bicyclic) bond motifs is 1. The molecule has 0 aromatic heterocycles. The third kappa shape index (κ3) is 1.31. The van der Waals surface area contributed by atoms with Crippen molar-refractivity contribution in [2.75, 3.05) is 4.90 Å². The molecule has 1 unspecified atom stereocenters. The molecule has 1 N–H and O–H groups in total. The molecular weight excluding hydrogens is 226 g/mol. The molecule has 2 heterocycles. The van der Waals surface area contributed by atoms with Crippen LogP contribution in [0.15, 0.2) is 24.3 Å². The molecule has 3 aliphatic rings. The minimum Gasteiger partial charge on any atom is -0.480 e. The fraction of sp³-hybridized carbons (Fsp3) is 0.417. The van der Waals surface area contributed by atoms with Crippen molar-refractivity contribution in [3.8, 4) is 0 Å². The van der Waals surface area contributed by atoms with Crippen molar-refractivity contribution < 1.29 is 9.90 Å². The highest BCUT2D eigenvalue weighted by Crippen LogP contribution is 2.48. The largest absolute Gasteiger partial charge is 0.480 e. The zero-order chi connectivity index (χ0) is 11.3. The van der Waals surface area contributed by atoms with Crippen LogP contribution in [0.25, 0.3) is 0 Å². The predicted molar refractivity (Wildman–Crippen MR) is 61.9 cm³/mol. The standard InChI is InChI=1S/C12H12ClNO2/c13-8-2-1-3-9(6-8)14-10-4-7(5-10)11(14)12(15)16/h1-3,6-7,10-11H,4-5H2,(H,15,16). The van der Waals surface area contributed by atoms with Gasteiger partial charge in [0.15, 0.2) is 0 Å². The molecule has 4 rings (SSSR count). The second kappa shape index (κ2) is 3.39. The highest BCUT2D eigenvalue weighted by Gasteiger charge is 2.53. The fourth-order valence-corrected chi connectivity index (χ4v) is 3.08. The van der Waals surface area contributed by atoms with Gasteiger partial charge in [-0.05, 0) is 37.0 Å². The maximum atomic E-state index is 11.2. The van der Waals surface area contributed by atoms with Crippen LogP contribution in [0.4, 0.5) is 5.69 Å². The molecule has 4 heteroatoms. The van der Waals surface area contributed by atoms with Crippen LogP contribution < -0.4 is 4.90 Å². The van der Waals surface area contributed by atoms with E-state index in [0.29, 0.717) is 17.0 Å². The number of benzene rings is 1. The van der Waals surface area contributed by atoms with Gasteiger partial charge < -0.3 is 10.0 Å². The summed E-state index contributed by atoms with van der Waals surface area (Å²) in [5.74, 6) is -0.397. The van der Waals surface area contributed by atoms with Gasteiger partial charge in [-0.2, -0.15) is 0 Å². The average molecular weight is 238 g/mol. The Labute approximate surface area is 98.6 Å². The van der Waals surface area contributed by atoms with Gasteiger partial charge in [-0.25, -0.2) is 4.79 Å². The zero-order valence-electron chi connectivity index (χ0n) is 8.64. The molecule has 1 aromatic carbocycles. The van der Waals surface area contributed by atoms with Gasteiger partial charge in [0.25, 0.3) is 0 Å². The van der Waals surface area contributed by atoms with Gasteiger partial charge in [-0.1, -0.05) is 17.7 Å². The average Bonchev–Trinajstić information content (AvgIpc) is 2.70. The minimum absolute atomic E-state index is 0.321. The quantitative estimate of drug-likeness (QED) is 0.859. The number of halogens is 1. The molecule has 0 amide bonds. The number of carboxylic acids is 1. The molecular formula is C12H12ClNO2. The van der Waals surface area contributed by atoms with E-state index in [1.807, 2.05) is 23.1 Å². The van der Waals surface area contributed by atoms with E-state index in [9.17, 15) is 9.90 Å². The van der Waals surface area contributed by atoms with Crippen molar-refractivity contribution in [1.29, 1.82) is 0 Å². The minimum atomic E-state index is -0.718. The van der Waals surface area contributed by atoms with Crippen LogP contribution in [0.2, 0.25) is 5.02 Å². The summed E-state index contributed by atoms with van der Waals surface area (Å²) in [5.41, 5.74) is 0.935. The Hall–Kier alpha value is -1.22. The number of nitrogens with zero attached hydrogens (tertiary/aromatic N) is 1. The first kappa shape index (κ1) is 9.97. The number of hydrogen-bond donors (Lipinski definition) is 1. The highest BCUT2D eigenvalue weighted by atomic mass is 35.5. The van der Waals surface area contributed by atoms with Crippen LogP contribution in [0.5, 0.6) is 0 Å². The van der Waals surface area contributed by atoms with E-state index >= 15 is 0 Å². The lowest BCUT2D eigenvalue weighted by atomic mass is 9.83. The SMILES string of the molecule is O=C(O)C1C2CC(C2)N1c1cccc(Cl)c1. The summed E-state index contributed by atoms with van der Waals surface area (Å²) < 4.78 is 0. The van der Waals surface area contributed by atoms with Gasteiger partial charge >= 0.3 is 5.97 Å². The van der Waals surface area contributed by atoms with Crippen LogP contribution in [0, 0.1) is 5.92 Å². The lowest BCUT2D eigenvalue weighted by molar-refractivity contribution is -0.139. The first-order chi connectivity index (χ1) is 7.66. The molecule has 0 spiro atoms. The monoisotopic (exact) mass is 237 g/mol. The van der Waals surface area contributed by atoms with Crippen LogP contribution in [-0.4, -0.2) is 23.2 Å². The molecule has 16 heavy (non-hydrogen) atoms. The molecule has 2 aliphatic heterocycles. The second-order valence-electron chi connectivity index (χ2n) is 4.56. The van der Waals surface area contributed by atoms with E-state index in [4.69, 9.17) is 11.6 Å². The van der Waals surface area contributed by atoms with Crippen molar-refractivity contribution in [3.05, 3.63) is 29.3 Å². The van der Waals surface area contributed by atoms with E-state index in [1.165, 1.54) is 0 Å². The van der Waals surface area contributed by atoms with Crippen molar-refractivity contribution in [3.63, 3.8) is 0 Å². The number of anilines is 1.